The van der Waals surface area contributed by atoms with E-state index in [0.717, 1.165) is 43.2 Å². The Hall–Kier alpha value is -2.21. The number of carbonyl (C=O) groups excluding carboxylic acids is 1. The van der Waals surface area contributed by atoms with Gasteiger partial charge in [-0.15, -0.1) is 0 Å². The molecule has 0 aliphatic heterocycles. The number of carbonyl (C=O) groups is 1. The summed E-state index contributed by atoms with van der Waals surface area (Å²) in [6, 6.07) is 19.2. The van der Waals surface area contributed by atoms with Crippen molar-refractivity contribution in [3.05, 3.63) is 71.3 Å². The second-order valence-electron chi connectivity index (χ2n) is 8.77. The van der Waals surface area contributed by atoms with E-state index in [0.29, 0.717) is 25.2 Å². The fourth-order valence-corrected chi connectivity index (χ4v) is 4.54. The average molecular weight is 454 g/mol. The number of rotatable bonds is 10. The van der Waals surface area contributed by atoms with Crippen LogP contribution in [0.4, 0.5) is 0 Å². The molecule has 1 saturated carbocycles. The normalized spacial score (nSPS) is 20.9. The van der Waals surface area contributed by atoms with Gasteiger partial charge in [0.2, 0.25) is 0 Å². The maximum absolute atomic E-state index is 12.9. The molecule has 5 heteroatoms. The maximum Gasteiger partial charge on any atom is 0.251 e. The van der Waals surface area contributed by atoms with Crippen molar-refractivity contribution in [2.45, 2.75) is 77.3 Å². The number of methoxy groups -OCH3 is 1. The Labute approximate surface area is 200 Å². The topological polar surface area (TPSA) is 62.4 Å². The summed E-state index contributed by atoms with van der Waals surface area (Å²) in [5, 5.41) is 3.25. The van der Waals surface area contributed by atoms with Crippen LogP contribution in [0.2, 0.25) is 0 Å². The molecule has 1 aliphatic rings. The lowest BCUT2D eigenvalue weighted by molar-refractivity contribution is 0.0932. The summed E-state index contributed by atoms with van der Waals surface area (Å²) in [7, 11) is 1.74. The predicted octanol–water partition coefficient (Wildman–Crippen LogP) is 5.15. The summed E-state index contributed by atoms with van der Waals surface area (Å²) >= 11 is 0. The van der Waals surface area contributed by atoms with Crippen molar-refractivity contribution in [1.29, 1.82) is 0 Å². The van der Waals surface area contributed by atoms with Crippen LogP contribution < -0.4 is 16.2 Å². The van der Waals surface area contributed by atoms with Crippen molar-refractivity contribution in [2.24, 2.45) is 0 Å². The van der Waals surface area contributed by atoms with Crippen LogP contribution in [-0.2, 0) is 10.2 Å². The molecule has 33 heavy (non-hydrogen) atoms. The molecule has 5 nitrogen and oxygen atoms in total. The van der Waals surface area contributed by atoms with Crippen LogP contribution in [-0.4, -0.2) is 38.3 Å². The van der Waals surface area contributed by atoms with Crippen LogP contribution in [0.3, 0.4) is 0 Å². The SMILES string of the molecule is CC.CCC(COC)NNC1CCC(CNC(=O)c2ccccc2C)(c2ccccc2)CC1. The Morgan fingerprint density at radius 2 is 1.70 bits per heavy atom. The van der Waals surface area contributed by atoms with Crippen LogP contribution in [0.15, 0.2) is 54.6 Å². The van der Waals surface area contributed by atoms with E-state index in [-0.39, 0.29) is 11.3 Å². The van der Waals surface area contributed by atoms with E-state index in [1.165, 1.54) is 5.56 Å². The number of aryl methyl sites for hydroxylation is 1. The highest BCUT2D eigenvalue weighted by atomic mass is 16.5. The van der Waals surface area contributed by atoms with Crippen LogP contribution in [0, 0.1) is 6.92 Å². The zero-order chi connectivity index (χ0) is 24.1. The Kier molecular flexibility index (Phi) is 11.6. The minimum absolute atomic E-state index is 0.0145. The fraction of sp³-hybridized carbons (Fsp3) is 0.536. The summed E-state index contributed by atoms with van der Waals surface area (Å²) in [4.78, 5) is 12.9. The van der Waals surface area contributed by atoms with Gasteiger partial charge in [-0.1, -0.05) is 69.3 Å². The van der Waals surface area contributed by atoms with Crippen LogP contribution in [0.5, 0.6) is 0 Å². The summed E-state index contributed by atoms with van der Waals surface area (Å²) in [6.45, 7) is 9.51. The number of hydrogen-bond donors (Lipinski definition) is 3. The van der Waals surface area contributed by atoms with Gasteiger partial charge in [-0.25, -0.2) is 0 Å². The van der Waals surface area contributed by atoms with Gasteiger partial charge in [0.1, 0.15) is 0 Å². The largest absolute Gasteiger partial charge is 0.383 e. The fourth-order valence-electron chi connectivity index (χ4n) is 4.54. The molecular formula is C28H43N3O2. The molecule has 182 valence electrons. The average Bonchev–Trinajstić information content (AvgIpc) is 2.88. The zero-order valence-corrected chi connectivity index (χ0v) is 21.1. The summed E-state index contributed by atoms with van der Waals surface area (Å²) in [6.07, 6.45) is 5.21. The van der Waals surface area contributed by atoms with Crippen molar-refractivity contribution in [2.75, 3.05) is 20.3 Å². The third-order valence-corrected chi connectivity index (χ3v) is 6.66. The van der Waals surface area contributed by atoms with E-state index >= 15 is 0 Å². The lowest BCUT2D eigenvalue weighted by Gasteiger charge is -2.41. The highest BCUT2D eigenvalue weighted by molar-refractivity contribution is 5.95. The van der Waals surface area contributed by atoms with Crippen molar-refractivity contribution in [3.8, 4) is 0 Å². The highest BCUT2D eigenvalue weighted by Gasteiger charge is 2.37. The molecule has 0 heterocycles. The van der Waals surface area contributed by atoms with Crippen molar-refractivity contribution in [1.82, 2.24) is 16.2 Å². The molecule has 0 saturated heterocycles. The van der Waals surface area contributed by atoms with Crippen LogP contribution in [0.1, 0.15) is 74.4 Å². The molecule has 0 spiro atoms. The second-order valence-corrected chi connectivity index (χ2v) is 8.77. The summed E-state index contributed by atoms with van der Waals surface area (Å²) < 4.78 is 5.28. The maximum atomic E-state index is 12.9. The Balaban J connectivity index is 0.00000187. The first kappa shape index (κ1) is 27.0. The molecule has 0 bridgehead atoms. The molecule has 3 rings (SSSR count). The number of ether oxygens (including phenoxy) is 1. The molecule has 2 aromatic rings. The Morgan fingerprint density at radius 3 is 2.30 bits per heavy atom. The quantitative estimate of drug-likeness (QED) is 0.435. The molecule has 3 N–H and O–H groups in total. The van der Waals surface area contributed by atoms with Gasteiger partial charge in [0, 0.05) is 36.7 Å². The lowest BCUT2D eigenvalue weighted by Crippen LogP contribution is -2.52. The molecule has 0 aromatic heterocycles. The third kappa shape index (κ3) is 7.66. The van der Waals surface area contributed by atoms with Gasteiger partial charge in [-0.3, -0.25) is 15.6 Å². The van der Waals surface area contributed by atoms with Crippen molar-refractivity contribution >= 4 is 5.91 Å². The van der Waals surface area contributed by atoms with Gasteiger partial charge < -0.3 is 10.1 Å². The van der Waals surface area contributed by atoms with E-state index in [4.69, 9.17) is 4.74 Å². The monoisotopic (exact) mass is 453 g/mol. The second kappa shape index (κ2) is 14.1. The molecule has 1 atom stereocenters. The summed E-state index contributed by atoms with van der Waals surface area (Å²) in [5.41, 5.74) is 10.0. The number of benzene rings is 2. The van der Waals surface area contributed by atoms with Gasteiger partial charge >= 0.3 is 0 Å². The molecule has 0 radical (unpaired) electrons. The van der Waals surface area contributed by atoms with E-state index in [2.05, 4.69) is 53.4 Å². The highest BCUT2D eigenvalue weighted by Crippen LogP contribution is 2.39. The zero-order valence-electron chi connectivity index (χ0n) is 21.1. The number of hydrogen-bond acceptors (Lipinski definition) is 4. The third-order valence-electron chi connectivity index (χ3n) is 6.66. The van der Waals surface area contributed by atoms with Crippen LogP contribution in [0.25, 0.3) is 0 Å². The number of amides is 1. The molecule has 1 amide bonds. The van der Waals surface area contributed by atoms with Gasteiger partial charge in [-0.2, -0.15) is 0 Å². The van der Waals surface area contributed by atoms with Crippen molar-refractivity contribution < 1.29 is 9.53 Å². The Bertz CT molecular complexity index is 817. The summed E-state index contributed by atoms with van der Waals surface area (Å²) in [5.74, 6) is 0.0145. The number of nitrogens with one attached hydrogen (secondary N) is 3. The predicted molar refractivity (Wildman–Crippen MR) is 137 cm³/mol. The van der Waals surface area contributed by atoms with Crippen LogP contribution >= 0.6 is 0 Å². The van der Waals surface area contributed by atoms with E-state index < -0.39 is 0 Å². The molecule has 1 aliphatic carbocycles. The van der Waals surface area contributed by atoms with E-state index in [9.17, 15) is 4.79 Å². The minimum Gasteiger partial charge on any atom is -0.383 e. The molecular weight excluding hydrogens is 410 g/mol. The first-order valence-corrected chi connectivity index (χ1v) is 12.5. The van der Waals surface area contributed by atoms with E-state index in [1.807, 2.05) is 45.0 Å². The van der Waals surface area contributed by atoms with Gasteiger partial charge in [0.05, 0.1) is 6.61 Å². The first-order valence-electron chi connectivity index (χ1n) is 12.5. The standard InChI is InChI=1S/C26H37N3O2.C2H6/c1-4-22(18-31-3)28-29-23-14-16-26(17-15-23,21-11-6-5-7-12-21)19-27-25(30)24-13-9-8-10-20(24)2;1-2/h5-13,22-23,28-29H,4,14-19H2,1-3H3,(H,27,30);1-2H3. The smallest absolute Gasteiger partial charge is 0.251 e. The van der Waals surface area contributed by atoms with Crippen molar-refractivity contribution in [3.63, 3.8) is 0 Å². The van der Waals surface area contributed by atoms with Gasteiger partial charge in [0.25, 0.3) is 5.91 Å². The van der Waals surface area contributed by atoms with Gasteiger partial charge in [0.15, 0.2) is 0 Å². The molecule has 1 fully saturated rings. The first-order chi connectivity index (χ1) is 16.1. The minimum atomic E-state index is -0.0333. The van der Waals surface area contributed by atoms with Gasteiger partial charge in [-0.05, 0) is 56.2 Å². The van der Waals surface area contributed by atoms with E-state index in [1.54, 1.807) is 7.11 Å². The lowest BCUT2D eigenvalue weighted by atomic mass is 9.68. The molecule has 2 aromatic carbocycles. The number of hydrazine groups is 1. The Morgan fingerprint density at radius 1 is 1.06 bits per heavy atom. The molecule has 1 unspecified atom stereocenters.